The Hall–Kier alpha value is -4.25. The molecule has 9 nitrogen and oxygen atoms in total. The number of nitrogens with zero attached hydrogens (tertiary/aromatic N) is 6. The molecule has 2 aromatic heterocycles. The van der Waals surface area contributed by atoms with Crippen LogP contribution in [-0.2, 0) is 11.3 Å². The smallest absolute Gasteiger partial charge is 0.234 e. The van der Waals surface area contributed by atoms with Crippen LogP contribution in [0.2, 0.25) is 0 Å². The zero-order chi connectivity index (χ0) is 24.5. The highest BCUT2D eigenvalue weighted by Crippen LogP contribution is 2.30. The number of aromatic nitrogens is 5. The number of tetrazole rings is 1. The molecule has 1 saturated heterocycles. The fraction of sp³-hybridized carbons (Fsp3) is 0.208. The van der Waals surface area contributed by atoms with E-state index in [1.165, 1.54) is 12.1 Å². The van der Waals surface area contributed by atoms with Crippen molar-refractivity contribution in [2.45, 2.75) is 25.4 Å². The molecule has 1 aliphatic heterocycles. The first-order chi connectivity index (χ1) is 16.9. The Morgan fingerprint density at radius 2 is 1.91 bits per heavy atom. The van der Waals surface area contributed by atoms with Crippen molar-refractivity contribution in [1.29, 1.82) is 0 Å². The van der Waals surface area contributed by atoms with Crippen LogP contribution < -0.4 is 11.5 Å². The number of anilines is 1. The summed E-state index contributed by atoms with van der Waals surface area (Å²) in [6.45, 7) is 1.47. The summed E-state index contributed by atoms with van der Waals surface area (Å²) < 4.78 is 29.2. The molecule has 1 unspecified atom stereocenters. The number of nitrogen functional groups attached to an aromatic ring is 1. The number of carbonyl (C=O) groups is 1. The second kappa shape index (κ2) is 9.18. The Balaban J connectivity index is 1.44. The Morgan fingerprint density at radius 1 is 1.11 bits per heavy atom. The van der Waals surface area contributed by atoms with Crippen LogP contribution in [-0.4, -0.2) is 48.6 Å². The first kappa shape index (κ1) is 22.5. The summed E-state index contributed by atoms with van der Waals surface area (Å²) in [5.41, 5.74) is 14.5. The van der Waals surface area contributed by atoms with Gasteiger partial charge < -0.3 is 11.5 Å². The first-order valence-electron chi connectivity index (χ1n) is 11.0. The zero-order valence-corrected chi connectivity index (χ0v) is 18.6. The van der Waals surface area contributed by atoms with Crippen molar-refractivity contribution in [1.82, 2.24) is 30.1 Å². The molecule has 1 amide bonds. The molecular formula is C24H22F2N8O. The first-order valence-corrected chi connectivity index (χ1v) is 11.0. The second-order valence-electron chi connectivity index (χ2n) is 8.37. The van der Waals surface area contributed by atoms with E-state index in [1.54, 1.807) is 12.3 Å². The van der Waals surface area contributed by atoms with Crippen LogP contribution in [0.25, 0.3) is 28.2 Å². The fourth-order valence-corrected chi connectivity index (χ4v) is 4.36. The average molecular weight is 476 g/mol. The number of rotatable bonds is 6. The summed E-state index contributed by atoms with van der Waals surface area (Å²) in [6.07, 6.45) is 3.35. The molecule has 11 heteroatoms. The van der Waals surface area contributed by atoms with Crippen molar-refractivity contribution < 1.29 is 13.6 Å². The third-order valence-corrected chi connectivity index (χ3v) is 6.15. The number of hydrogen-bond acceptors (Lipinski definition) is 7. The predicted molar refractivity (Wildman–Crippen MR) is 125 cm³/mol. The molecule has 0 saturated carbocycles. The quantitative estimate of drug-likeness (QED) is 0.438. The highest BCUT2D eigenvalue weighted by atomic mass is 19.2. The van der Waals surface area contributed by atoms with Crippen molar-refractivity contribution in [3.8, 4) is 28.2 Å². The van der Waals surface area contributed by atoms with E-state index in [1.807, 2.05) is 24.3 Å². The molecule has 178 valence electrons. The Labute approximate surface area is 199 Å². The van der Waals surface area contributed by atoms with Crippen LogP contribution in [0.5, 0.6) is 0 Å². The van der Waals surface area contributed by atoms with Crippen LogP contribution in [0.1, 0.15) is 18.4 Å². The van der Waals surface area contributed by atoms with E-state index < -0.39 is 11.6 Å². The minimum Gasteiger partial charge on any atom is -0.383 e. The number of benzene rings is 2. The molecule has 2 aromatic carbocycles. The standard InChI is InChI=1S/C24H22F2N8O/c25-18-3-1-4-19(21(18)26)34-24(30-31-32-34)17-11-16(12-29-22(17)27)15-8-6-14(7-9-15)13-33-10-2-5-20(33)23(28)35/h1,3-4,6-9,11-12,20H,2,5,10,13H2,(H2,27,29)(H2,28,35). The molecule has 0 spiro atoms. The molecule has 1 aliphatic rings. The number of halogens is 2. The fourth-order valence-electron chi connectivity index (χ4n) is 4.36. The van der Waals surface area contributed by atoms with Gasteiger partial charge in [0.2, 0.25) is 5.91 Å². The van der Waals surface area contributed by atoms with E-state index in [-0.39, 0.29) is 29.3 Å². The van der Waals surface area contributed by atoms with E-state index in [2.05, 4.69) is 25.4 Å². The molecular weight excluding hydrogens is 454 g/mol. The van der Waals surface area contributed by atoms with E-state index in [0.29, 0.717) is 12.1 Å². The summed E-state index contributed by atoms with van der Waals surface area (Å²) in [6, 6.07) is 13.1. The molecule has 0 aliphatic carbocycles. The van der Waals surface area contributed by atoms with Gasteiger partial charge in [-0.25, -0.2) is 13.8 Å². The van der Waals surface area contributed by atoms with Gasteiger partial charge in [-0.2, -0.15) is 4.68 Å². The Morgan fingerprint density at radius 3 is 2.69 bits per heavy atom. The van der Waals surface area contributed by atoms with Gasteiger partial charge in [-0.15, -0.1) is 5.10 Å². The Bertz CT molecular complexity index is 1390. The van der Waals surface area contributed by atoms with Gasteiger partial charge in [-0.1, -0.05) is 30.3 Å². The van der Waals surface area contributed by atoms with E-state index in [4.69, 9.17) is 11.5 Å². The van der Waals surface area contributed by atoms with Crippen molar-refractivity contribution in [3.63, 3.8) is 0 Å². The number of primary amides is 1. The summed E-state index contributed by atoms with van der Waals surface area (Å²) >= 11 is 0. The topological polar surface area (TPSA) is 129 Å². The molecule has 35 heavy (non-hydrogen) atoms. The van der Waals surface area contributed by atoms with Gasteiger partial charge >= 0.3 is 0 Å². The number of nitrogens with two attached hydrogens (primary N) is 2. The van der Waals surface area contributed by atoms with E-state index >= 15 is 0 Å². The van der Waals surface area contributed by atoms with Crippen molar-refractivity contribution >= 4 is 11.7 Å². The third kappa shape index (κ3) is 4.33. The van der Waals surface area contributed by atoms with Crippen LogP contribution >= 0.6 is 0 Å². The molecule has 4 N–H and O–H groups in total. The third-order valence-electron chi connectivity index (χ3n) is 6.15. The number of likely N-dealkylation sites (tertiary alicyclic amines) is 1. The highest BCUT2D eigenvalue weighted by Gasteiger charge is 2.28. The van der Waals surface area contributed by atoms with Crippen molar-refractivity contribution in [3.05, 3.63) is 71.9 Å². The summed E-state index contributed by atoms with van der Waals surface area (Å²) in [4.78, 5) is 18.0. The maximum absolute atomic E-state index is 14.4. The monoisotopic (exact) mass is 476 g/mol. The van der Waals surface area contributed by atoms with E-state index in [0.717, 1.165) is 46.8 Å². The number of carbonyl (C=O) groups excluding carboxylic acids is 1. The second-order valence-corrected chi connectivity index (χ2v) is 8.37. The molecule has 5 rings (SSSR count). The predicted octanol–water partition coefficient (Wildman–Crippen LogP) is 2.70. The van der Waals surface area contributed by atoms with Crippen LogP contribution in [0, 0.1) is 11.6 Å². The van der Waals surface area contributed by atoms with Crippen molar-refractivity contribution in [2.75, 3.05) is 12.3 Å². The van der Waals surface area contributed by atoms with Crippen LogP contribution in [0.3, 0.4) is 0 Å². The van der Waals surface area contributed by atoms with Gasteiger partial charge in [-0.3, -0.25) is 9.69 Å². The maximum atomic E-state index is 14.4. The molecule has 0 radical (unpaired) electrons. The number of hydrogen-bond donors (Lipinski definition) is 2. The van der Waals surface area contributed by atoms with Gasteiger partial charge in [-0.05, 0) is 59.1 Å². The molecule has 1 atom stereocenters. The van der Waals surface area contributed by atoms with Crippen molar-refractivity contribution in [2.24, 2.45) is 5.73 Å². The van der Waals surface area contributed by atoms with Gasteiger partial charge in [0.25, 0.3) is 0 Å². The van der Waals surface area contributed by atoms with Gasteiger partial charge in [0.15, 0.2) is 17.5 Å². The maximum Gasteiger partial charge on any atom is 0.234 e. The minimum atomic E-state index is -1.07. The zero-order valence-electron chi connectivity index (χ0n) is 18.6. The average Bonchev–Trinajstić information content (AvgIpc) is 3.52. The molecule has 3 heterocycles. The minimum absolute atomic E-state index is 0.129. The van der Waals surface area contributed by atoms with Gasteiger partial charge in [0.05, 0.1) is 11.6 Å². The summed E-state index contributed by atoms with van der Waals surface area (Å²) in [5.74, 6) is -2.11. The Kier molecular flexibility index (Phi) is 5.91. The highest BCUT2D eigenvalue weighted by molar-refractivity contribution is 5.80. The number of pyridine rings is 1. The van der Waals surface area contributed by atoms with Gasteiger partial charge in [0, 0.05) is 18.3 Å². The molecule has 1 fully saturated rings. The molecule has 0 bridgehead atoms. The van der Waals surface area contributed by atoms with E-state index in [9.17, 15) is 13.6 Å². The number of amides is 1. The summed E-state index contributed by atoms with van der Waals surface area (Å²) in [7, 11) is 0. The SMILES string of the molecule is NC(=O)C1CCCN1Cc1ccc(-c2cnc(N)c(-c3nnnn3-c3cccc(F)c3F)c2)cc1. The lowest BCUT2D eigenvalue weighted by Crippen LogP contribution is -2.39. The largest absolute Gasteiger partial charge is 0.383 e. The van der Waals surface area contributed by atoms with Crippen LogP contribution in [0.4, 0.5) is 14.6 Å². The lowest BCUT2D eigenvalue weighted by atomic mass is 10.0. The molecule has 4 aromatic rings. The normalized spacial score (nSPS) is 16.0. The van der Waals surface area contributed by atoms with Gasteiger partial charge in [0.1, 0.15) is 11.5 Å². The van der Waals surface area contributed by atoms with Crippen LogP contribution in [0.15, 0.2) is 54.7 Å². The lowest BCUT2D eigenvalue weighted by Gasteiger charge is -2.21. The summed E-state index contributed by atoms with van der Waals surface area (Å²) in [5, 5.41) is 11.4. The lowest BCUT2D eigenvalue weighted by molar-refractivity contribution is -0.122.